The summed E-state index contributed by atoms with van der Waals surface area (Å²) in [7, 11) is 0. The van der Waals surface area contributed by atoms with Gasteiger partial charge in [0.2, 0.25) is 0 Å². The zero-order valence-electron chi connectivity index (χ0n) is 10.3. The number of carbonyl (C=O) groups is 1. The fraction of sp³-hybridized carbons (Fsp3) is 0.250. The second-order valence-electron chi connectivity index (χ2n) is 3.88. The minimum Gasteiger partial charge on any atom is -0.507 e. The van der Waals surface area contributed by atoms with Gasteiger partial charge in [-0.25, -0.2) is 4.39 Å². The van der Waals surface area contributed by atoms with Crippen LogP contribution in [-0.4, -0.2) is 25.8 Å². The average molecular weight is 264 g/mol. The van der Waals surface area contributed by atoms with Gasteiger partial charge < -0.3 is 15.0 Å². The standard InChI is InChI=1S/C12H13FN4O2/c1-2-17-7-15-16-11(17)6-14-12(19)9-5-8(13)3-4-10(9)18/h3-5,7,18H,2,6H2,1H3,(H,14,19). The van der Waals surface area contributed by atoms with Gasteiger partial charge in [0.05, 0.1) is 12.1 Å². The smallest absolute Gasteiger partial charge is 0.255 e. The van der Waals surface area contributed by atoms with E-state index in [0.29, 0.717) is 12.4 Å². The summed E-state index contributed by atoms with van der Waals surface area (Å²) < 4.78 is 14.8. The van der Waals surface area contributed by atoms with Crippen LogP contribution in [0, 0.1) is 5.82 Å². The molecule has 2 aromatic rings. The highest BCUT2D eigenvalue weighted by atomic mass is 19.1. The number of aryl methyl sites for hydroxylation is 1. The monoisotopic (exact) mass is 264 g/mol. The van der Waals surface area contributed by atoms with Gasteiger partial charge in [0.1, 0.15) is 17.9 Å². The third-order valence-electron chi connectivity index (χ3n) is 2.65. The van der Waals surface area contributed by atoms with E-state index >= 15 is 0 Å². The molecule has 6 nitrogen and oxygen atoms in total. The first-order chi connectivity index (χ1) is 9.11. The lowest BCUT2D eigenvalue weighted by Gasteiger charge is -2.07. The summed E-state index contributed by atoms with van der Waals surface area (Å²) in [5.41, 5.74) is -0.109. The van der Waals surface area contributed by atoms with Crippen LogP contribution in [0.5, 0.6) is 5.75 Å². The van der Waals surface area contributed by atoms with Crippen LogP contribution < -0.4 is 5.32 Å². The van der Waals surface area contributed by atoms with Gasteiger partial charge in [-0.05, 0) is 25.1 Å². The largest absolute Gasteiger partial charge is 0.507 e. The normalized spacial score (nSPS) is 10.4. The number of phenols is 1. The molecule has 1 amide bonds. The van der Waals surface area contributed by atoms with Crippen LogP contribution in [0.25, 0.3) is 0 Å². The molecule has 0 radical (unpaired) electrons. The SMILES string of the molecule is CCn1cnnc1CNC(=O)c1cc(F)ccc1O. The predicted octanol–water partition coefficient (Wildman–Crippen LogP) is 1.07. The van der Waals surface area contributed by atoms with Crippen molar-refractivity contribution in [1.29, 1.82) is 0 Å². The van der Waals surface area contributed by atoms with Crippen molar-refractivity contribution in [3.63, 3.8) is 0 Å². The van der Waals surface area contributed by atoms with Crippen LogP contribution in [0.2, 0.25) is 0 Å². The Morgan fingerprint density at radius 3 is 3.05 bits per heavy atom. The number of benzene rings is 1. The highest BCUT2D eigenvalue weighted by Gasteiger charge is 2.13. The van der Waals surface area contributed by atoms with Crippen LogP contribution in [-0.2, 0) is 13.1 Å². The summed E-state index contributed by atoms with van der Waals surface area (Å²) >= 11 is 0. The van der Waals surface area contributed by atoms with Crippen LogP contribution in [0.4, 0.5) is 4.39 Å². The molecule has 100 valence electrons. The molecule has 0 saturated carbocycles. The van der Waals surface area contributed by atoms with Gasteiger partial charge >= 0.3 is 0 Å². The van der Waals surface area contributed by atoms with Gasteiger partial charge in [-0.1, -0.05) is 0 Å². The molecule has 2 rings (SSSR count). The number of nitrogens with one attached hydrogen (secondary N) is 1. The molecule has 0 aliphatic rings. The third kappa shape index (κ3) is 2.87. The Kier molecular flexibility index (Phi) is 3.74. The van der Waals surface area contributed by atoms with Crippen LogP contribution in [0.15, 0.2) is 24.5 Å². The van der Waals surface area contributed by atoms with Gasteiger partial charge in [0.25, 0.3) is 5.91 Å². The molecule has 0 bridgehead atoms. The van der Waals surface area contributed by atoms with Gasteiger partial charge in [-0.3, -0.25) is 4.79 Å². The second kappa shape index (κ2) is 5.47. The fourth-order valence-corrected chi connectivity index (χ4v) is 1.62. The summed E-state index contributed by atoms with van der Waals surface area (Å²) in [4.78, 5) is 11.8. The minimum atomic E-state index is -0.584. The first kappa shape index (κ1) is 13.0. The quantitative estimate of drug-likeness (QED) is 0.865. The molecule has 2 N–H and O–H groups in total. The number of halogens is 1. The highest BCUT2D eigenvalue weighted by molar-refractivity contribution is 5.96. The van der Waals surface area contributed by atoms with Crippen molar-refractivity contribution in [2.24, 2.45) is 0 Å². The van der Waals surface area contributed by atoms with Crippen molar-refractivity contribution < 1.29 is 14.3 Å². The number of aromatic nitrogens is 3. The van der Waals surface area contributed by atoms with Gasteiger partial charge in [0.15, 0.2) is 5.82 Å². The Hall–Kier alpha value is -2.44. The number of carbonyl (C=O) groups excluding carboxylic acids is 1. The van der Waals surface area contributed by atoms with E-state index in [2.05, 4.69) is 15.5 Å². The zero-order chi connectivity index (χ0) is 13.8. The summed E-state index contributed by atoms with van der Waals surface area (Å²) in [5, 5.41) is 19.6. The van der Waals surface area contributed by atoms with E-state index in [1.165, 1.54) is 0 Å². The molecule has 7 heteroatoms. The molecule has 0 fully saturated rings. The molecule has 0 aliphatic heterocycles. The van der Waals surface area contributed by atoms with E-state index in [0.717, 1.165) is 18.2 Å². The van der Waals surface area contributed by atoms with E-state index in [4.69, 9.17) is 0 Å². The summed E-state index contributed by atoms with van der Waals surface area (Å²) in [6.07, 6.45) is 1.56. The van der Waals surface area contributed by atoms with Crippen molar-refractivity contribution in [2.45, 2.75) is 20.0 Å². The number of aromatic hydroxyl groups is 1. The average Bonchev–Trinajstić information content (AvgIpc) is 2.86. The van der Waals surface area contributed by atoms with Crippen molar-refractivity contribution in [3.05, 3.63) is 41.7 Å². The van der Waals surface area contributed by atoms with E-state index in [1.54, 1.807) is 10.9 Å². The molecule has 0 atom stereocenters. The number of hydrogen-bond donors (Lipinski definition) is 2. The number of nitrogens with zero attached hydrogens (tertiary/aromatic N) is 3. The van der Waals surface area contributed by atoms with Gasteiger partial charge in [-0.2, -0.15) is 0 Å². The first-order valence-electron chi connectivity index (χ1n) is 5.75. The topological polar surface area (TPSA) is 80.0 Å². The molecule has 0 aliphatic carbocycles. The minimum absolute atomic E-state index is 0.109. The molecule has 0 unspecified atom stereocenters. The number of hydrogen-bond acceptors (Lipinski definition) is 4. The third-order valence-corrected chi connectivity index (χ3v) is 2.65. The van der Waals surface area contributed by atoms with Crippen LogP contribution in [0.3, 0.4) is 0 Å². The Morgan fingerprint density at radius 1 is 1.53 bits per heavy atom. The summed E-state index contributed by atoms with van der Waals surface area (Å²) in [6, 6.07) is 3.20. The van der Waals surface area contributed by atoms with E-state index in [1.807, 2.05) is 6.92 Å². The molecule has 0 saturated heterocycles. The van der Waals surface area contributed by atoms with Crippen molar-refractivity contribution in [3.8, 4) is 5.75 Å². The lowest BCUT2D eigenvalue weighted by Crippen LogP contribution is -2.24. The molecule has 1 aromatic carbocycles. The van der Waals surface area contributed by atoms with Gasteiger partial charge in [0, 0.05) is 6.54 Å². The van der Waals surface area contributed by atoms with Crippen molar-refractivity contribution >= 4 is 5.91 Å². The molecule has 0 spiro atoms. The molecular weight excluding hydrogens is 251 g/mol. The molecule has 1 aromatic heterocycles. The first-order valence-corrected chi connectivity index (χ1v) is 5.75. The Balaban J connectivity index is 2.07. The second-order valence-corrected chi connectivity index (χ2v) is 3.88. The zero-order valence-corrected chi connectivity index (χ0v) is 10.3. The van der Waals surface area contributed by atoms with E-state index in [-0.39, 0.29) is 17.9 Å². The highest BCUT2D eigenvalue weighted by Crippen LogP contribution is 2.17. The maximum atomic E-state index is 13.0. The van der Waals surface area contributed by atoms with Crippen LogP contribution in [0.1, 0.15) is 23.1 Å². The van der Waals surface area contributed by atoms with Crippen molar-refractivity contribution in [2.75, 3.05) is 0 Å². The van der Waals surface area contributed by atoms with E-state index < -0.39 is 11.7 Å². The number of amides is 1. The van der Waals surface area contributed by atoms with Crippen LogP contribution >= 0.6 is 0 Å². The maximum Gasteiger partial charge on any atom is 0.255 e. The van der Waals surface area contributed by atoms with Gasteiger partial charge in [-0.15, -0.1) is 10.2 Å². The lowest BCUT2D eigenvalue weighted by atomic mass is 10.2. The molecular formula is C12H13FN4O2. The number of phenolic OH excluding ortho intramolecular Hbond substituents is 1. The van der Waals surface area contributed by atoms with Crippen molar-refractivity contribution in [1.82, 2.24) is 20.1 Å². The maximum absolute atomic E-state index is 13.0. The molecule has 1 heterocycles. The number of rotatable bonds is 4. The Bertz CT molecular complexity index is 597. The fourth-order valence-electron chi connectivity index (χ4n) is 1.62. The summed E-state index contributed by atoms with van der Waals surface area (Å²) in [6.45, 7) is 2.76. The predicted molar refractivity (Wildman–Crippen MR) is 64.9 cm³/mol. The lowest BCUT2D eigenvalue weighted by molar-refractivity contribution is 0.0946. The summed E-state index contributed by atoms with van der Waals surface area (Å²) in [5.74, 6) is -0.829. The van der Waals surface area contributed by atoms with E-state index in [9.17, 15) is 14.3 Å². The molecule has 19 heavy (non-hydrogen) atoms. The Labute approximate surface area is 108 Å². The Morgan fingerprint density at radius 2 is 2.32 bits per heavy atom.